The van der Waals surface area contributed by atoms with Gasteiger partial charge >= 0.3 is 0 Å². The molecule has 2 rings (SSSR count). The van der Waals surface area contributed by atoms with Crippen LogP contribution in [0.1, 0.15) is 24.3 Å². The zero-order chi connectivity index (χ0) is 11.4. The van der Waals surface area contributed by atoms with Gasteiger partial charge in [-0.05, 0) is 48.9 Å². The van der Waals surface area contributed by atoms with E-state index in [0.717, 1.165) is 31.6 Å². The van der Waals surface area contributed by atoms with Gasteiger partial charge in [0, 0.05) is 13.2 Å². The van der Waals surface area contributed by atoms with Crippen molar-refractivity contribution in [1.29, 1.82) is 0 Å². The van der Waals surface area contributed by atoms with E-state index < -0.39 is 0 Å². The van der Waals surface area contributed by atoms with E-state index >= 15 is 0 Å². The quantitative estimate of drug-likeness (QED) is 0.819. The summed E-state index contributed by atoms with van der Waals surface area (Å²) in [7, 11) is 0. The van der Waals surface area contributed by atoms with Crippen molar-refractivity contribution in [3.63, 3.8) is 0 Å². The van der Waals surface area contributed by atoms with Gasteiger partial charge in [0.15, 0.2) is 0 Å². The van der Waals surface area contributed by atoms with E-state index in [2.05, 4.69) is 0 Å². The van der Waals surface area contributed by atoms with Crippen molar-refractivity contribution in [2.24, 2.45) is 11.7 Å². The Morgan fingerprint density at radius 2 is 2.12 bits per heavy atom. The second kappa shape index (κ2) is 5.32. The van der Waals surface area contributed by atoms with Crippen LogP contribution in [-0.2, 0) is 4.74 Å². The van der Waals surface area contributed by atoms with Crippen molar-refractivity contribution in [1.82, 2.24) is 0 Å². The molecule has 1 unspecified atom stereocenters. The van der Waals surface area contributed by atoms with Crippen LogP contribution in [0, 0.1) is 5.92 Å². The number of hydrogen-bond acceptors (Lipinski definition) is 3. The number of ether oxygens (including phenoxy) is 1. The lowest BCUT2D eigenvalue weighted by Crippen LogP contribution is -2.27. The molecule has 0 aromatic heterocycles. The molecule has 1 saturated heterocycles. The van der Waals surface area contributed by atoms with E-state index in [1.54, 1.807) is 6.07 Å². The largest absolute Gasteiger partial charge is 0.508 e. The van der Waals surface area contributed by atoms with Crippen LogP contribution in [0.25, 0.3) is 0 Å². The van der Waals surface area contributed by atoms with Gasteiger partial charge in [0.2, 0.25) is 0 Å². The Hall–Kier alpha value is -1.06. The van der Waals surface area contributed by atoms with E-state index in [-0.39, 0.29) is 0 Å². The van der Waals surface area contributed by atoms with E-state index in [0.29, 0.717) is 24.1 Å². The van der Waals surface area contributed by atoms with E-state index in [4.69, 9.17) is 10.5 Å². The first-order chi connectivity index (χ1) is 7.81. The summed E-state index contributed by atoms with van der Waals surface area (Å²) < 4.78 is 5.36. The zero-order valence-corrected chi connectivity index (χ0v) is 9.43. The van der Waals surface area contributed by atoms with Gasteiger partial charge in [0.1, 0.15) is 5.75 Å². The number of rotatable bonds is 3. The van der Waals surface area contributed by atoms with Gasteiger partial charge in [0.25, 0.3) is 0 Å². The molecule has 3 heteroatoms. The molecule has 1 heterocycles. The van der Waals surface area contributed by atoms with Gasteiger partial charge in [-0.15, -0.1) is 0 Å². The van der Waals surface area contributed by atoms with Gasteiger partial charge in [-0.1, -0.05) is 12.1 Å². The van der Waals surface area contributed by atoms with Crippen molar-refractivity contribution in [2.45, 2.75) is 18.8 Å². The Kier molecular flexibility index (Phi) is 3.80. The number of benzene rings is 1. The molecule has 0 aliphatic carbocycles. The van der Waals surface area contributed by atoms with Gasteiger partial charge in [-0.25, -0.2) is 0 Å². The topological polar surface area (TPSA) is 55.5 Å². The molecule has 0 radical (unpaired) electrons. The van der Waals surface area contributed by atoms with Crippen LogP contribution in [-0.4, -0.2) is 24.9 Å². The molecule has 1 atom stereocenters. The summed E-state index contributed by atoms with van der Waals surface area (Å²) in [6, 6.07) is 7.45. The van der Waals surface area contributed by atoms with Crippen LogP contribution in [0.2, 0.25) is 0 Å². The van der Waals surface area contributed by atoms with Crippen molar-refractivity contribution in [3.05, 3.63) is 29.8 Å². The fraction of sp³-hybridized carbons (Fsp3) is 0.538. The molecule has 3 nitrogen and oxygen atoms in total. The third-order valence-electron chi connectivity index (χ3n) is 3.39. The third kappa shape index (κ3) is 2.54. The standard InChI is InChI=1S/C13H19NO2/c14-9-13(10-4-6-16-7-5-10)11-2-1-3-12(15)8-11/h1-3,8,10,13,15H,4-7,9,14H2. The molecule has 0 bridgehead atoms. The number of phenolic OH excluding ortho intramolecular Hbond substituents is 1. The fourth-order valence-electron chi connectivity index (χ4n) is 2.47. The maximum absolute atomic E-state index is 9.49. The molecular formula is C13H19NO2. The Morgan fingerprint density at radius 3 is 2.75 bits per heavy atom. The molecule has 0 saturated carbocycles. The van der Waals surface area contributed by atoms with Crippen LogP contribution in [0.5, 0.6) is 5.75 Å². The van der Waals surface area contributed by atoms with Gasteiger partial charge in [0.05, 0.1) is 0 Å². The highest BCUT2D eigenvalue weighted by Crippen LogP contribution is 2.32. The Labute approximate surface area is 96.2 Å². The summed E-state index contributed by atoms with van der Waals surface area (Å²) >= 11 is 0. The Bertz CT molecular complexity index is 334. The molecule has 0 amide bonds. The molecule has 1 aliphatic rings. The monoisotopic (exact) mass is 221 g/mol. The molecule has 1 aromatic rings. The minimum Gasteiger partial charge on any atom is -0.508 e. The predicted molar refractivity (Wildman–Crippen MR) is 63.4 cm³/mol. The molecule has 88 valence electrons. The highest BCUT2D eigenvalue weighted by atomic mass is 16.5. The van der Waals surface area contributed by atoms with Gasteiger partial charge in [-0.3, -0.25) is 0 Å². The molecule has 0 spiro atoms. The average Bonchev–Trinajstić information content (AvgIpc) is 2.31. The van der Waals surface area contributed by atoms with Crippen molar-refractivity contribution in [2.75, 3.05) is 19.8 Å². The van der Waals surface area contributed by atoms with Crippen LogP contribution in [0.3, 0.4) is 0 Å². The van der Waals surface area contributed by atoms with Crippen LogP contribution < -0.4 is 5.73 Å². The van der Waals surface area contributed by atoms with Crippen molar-refractivity contribution in [3.8, 4) is 5.75 Å². The zero-order valence-electron chi connectivity index (χ0n) is 9.43. The molecule has 3 N–H and O–H groups in total. The van der Waals surface area contributed by atoms with E-state index in [1.807, 2.05) is 18.2 Å². The lowest BCUT2D eigenvalue weighted by Gasteiger charge is -2.29. The summed E-state index contributed by atoms with van der Waals surface area (Å²) in [6.45, 7) is 2.30. The van der Waals surface area contributed by atoms with Crippen LogP contribution in [0.4, 0.5) is 0 Å². The minimum absolute atomic E-state index is 0.322. The van der Waals surface area contributed by atoms with Crippen molar-refractivity contribution < 1.29 is 9.84 Å². The molecular weight excluding hydrogens is 202 g/mol. The first-order valence-electron chi connectivity index (χ1n) is 5.88. The lowest BCUT2D eigenvalue weighted by molar-refractivity contribution is 0.0586. The van der Waals surface area contributed by atoms with Gasteiger partial charge in [-0.2, -0.15) is 0 Å². The summed E-state index contributed by atoms with van der Waals surface area (Å²) in [5.41, 5.74) is 7.01. The number of phenols is 1. The number of nitrogens with two attached hydrogens (primary N) is 1. The maximum Gasteiger partial charge on any atom is 0.115 e. The number of aromatic hydroxyl groups is 1. The van der Waals surface area contributed by atoms with E-state index in [1.165, 1.54) is 0 Å². The van der Waals surface area contributed by atoms with Crippen LogP contribution in [0.15, 0.2) is 24.3 Å². The summed E-state index contributed by atoms with van der Waals surface area (Å²) in [4.78, 5) is 0. The third-order valence-corrected chi connectivity index (χ3v) is 3.39. The van der Waals surface area contributed by atoms with E-state index in [9.17, 15) is 5.11 Å². The summed E-state index contributed by atoms with van der Waals surface area (Å²) in [5.74, 6) is 1.25. The average molecular weight is 221 g/mol. The second-order valence-corrected chi connectivity index (χ2v) is 4.39. The Morgan fingerprint density at radius 1 is 1.38 bits per heavy atom. The molecule has 1 aromatic carbocycles. The second-order valence-electron chi connectivity index (χ2n) is 4.39. The molecule has 16 heavy (non-hydrogen) atoms. The maximum atomic E-state index is 9.49. The summed E-state index contributed by atoms with van der Waals surface area (Å²) in [6.07, 6.45) is 2.13. The predicted octanol–water partition coefficient (Wildman–Crippen LogP) is 1.86. The first-order valence-corrected chi connectivity index (χ1v) is 5.88. The number of hydrogen-bond donors (Lipinski definition) is 2. The normalized spacial score (nSPS) is 19.6. The minimum atomic E-state index is 0.322. The fourth-order valence-corrected chi connectivity index (χ4v) is 2.47. The van der Waals surface area contributed by atoms with Crippen molar-refractivity contribution >= 4 is 0 Å². The first kappa shape index (κ1) is 11.4. The van der Waals surface area contributed by atoms with Gasteiger partial charge < -0.3 is 15.6 Å². The summed E-state index contributed by atoms with van der Waals surface area (Å²) in [5, 5.41) is 9.49. The molecule has 1 fully saturated rings. The highest BCUT2D eigenvalue weighted by molar-refractivity contribution is 5.30. The van der Waals surface area contributed by atoms with Crippen LogP contribution >= 0.6 is 0 Å². The SMILES string of the molecule is NCC(c1cccc(O)c1)C1CCOCC1. The lowest BCUT2D eigenvalue weighted by atomic mass is 9.81. The molecule has 1 aliphatic heterocycles. The highest BCUT2D eigenvalue weighted by Gasteiger charge is 2.24. The smallest absolute Gasteiger partial charge is 0.115 e. The Balaban J connectivity index is 2.14.